The topological polar surface area (TPSA) is 98.7 Å². The minimum absolute atomic E-state index is 0.836. The van der Waals surface area contributed by atoms with Crippen LogP contribution in [0.5, 0.6) is 0 Å². The Kier molecular flexibility index (Phi) is 6.33. The fourth-order valence-electron chi connectivity index (χ4n) is 1.41. The van der Waals surface area contributed by atoms with E-state index in [0.717, 1.165) is 5.32 Å². The number of aliphatic hydroxyl groups is 1. The van der Waals surface area contributed by atoms with Gasteiger partial charge in [-0.2, -0.15) is 22.0 Å². The van der Waals surface area contributed by atoms with Crippen molar-refractivity contribution in [1.29, 1.82) is 0 Å². The molecule has 0 saturated heterocycles. The zero-order valence-electron chi connectivity index (χ0n) is 11.0. The smallest absolute Gasteiger partial charge is 0.405 e. The van der Waals surface area contributed by atoms with E-state index < -0.39 is 48.7 Å². The maximum absolute atomic E-state index is 13.6. The molecule has 0 fully saturated rings. The summed E-state index contributed by atoms with van der Waals surface area (Å²) >= 11 is 0. The summed E-state index contributed by atoms with van der Waals surface area (Å²) in [6.07, 6.45) is -9.44. The number of hydrogen-bond acceptors (Lipinski definition) is 3. The number of nitrogens with one attached hydrogen (secondary N) is 2. The third-order valence-electron chi connectivity index (χ3n) is 2.47. The summed E-state index contributed by atoms with van der Waals surface area (Å²) in [5.41, 5.74) is 0. The summed E-state index contributed by atoms with van der Waals surface area (Å²) < 4.78 is 62.7. The van der Waals surface area contributed by atoms with Gasteiger partial charge in [0.05, 0.1) is 6.04 Å². The lowest BCUT2D eigenvalue weighted by Gasteiger charge is -2.31. The first-order valence-corrected chi connectivity index (χ1v) is 5.69. The number of carboxylic acid groups (broad SMARTS) is 1. The average molecular weight is 322 g/mol. The molecule has 0 aromatic heterocycles. The van der Waals surface area contributed by atoms with E-state index in [-0.39, 0.29) is 0 Å². The lowest BCUT2D eigenvalue weighted by Crippen LogP contribution is -2.59. The van der Waals surface area contributed by atoms with Gasteiger partial charge >= 0.3 is 18.2 Å². The Bertz CT molecular complexity index is 386. The molecule has 124 valence electrons. The molecule has 0 unspecified atom stereocenters. The van der Waals surface area contributed by atoms with Gasteiger partial charge in [0.25, 0.3) is 5.91 Å². The summed E-state index contributed by atoms with van der Waals surface area (Å²) in [4.78, 5) is 21.5. The van der Waals surface area contributed by atoms with Crippen LogP contribution in [0.25, 0.3) is 0 Å². The number of halogens is 5. The molecule has 0 aromatic carbocycles. The van der Waals surface area contributed by atoms with Crippen LogP contribution >= 0.6 is 0 Å². The Morgan fingerprint density at radius 1 is 1.14 bits per heavy atom. The van der Waals surface area contributed by atoms with Crippen LogP contribution in [0.15, 0.2) is 0 Å². The van der Waals surface area contributed by atoms with Crippen LogP contribution in [-0.2, 0) is 4.79 Å². The third-order valence-corrected chi connectivity index (χ3v) is 2.47. The van der Waals surface area contributed by atoms with Gasteiger partial charge in [0.15, 0.2) is 0 Å². The van der Waals surface area contributed by atoms with Gasteiger partial charge in [-0.3, -0.25) is 4.79 Å². The molecule has 0 rings (SSSR count). The quantitative estimate of drug-likeness (QED) is 0.547. The van der Waals surface area contributed by atoms with Crippen molar-refractivity contribution >= 4 is 12.0 Å². The van der Waals surface area contributed by atoms with Gasteiger partial charge in [0.1, 0.15) is 12.6 Å². The number of aliphatic hydroxyl groups excluding tert-OH is 1. The molecular weight excluding hydrogens is 307 g/mol. The van der Waals surface area contributed by atoms with E-state index in [9.17, 15) is 36.6 Å². The van der Waals surface area contributed by atoms with E-state index in [1.807, 2.05) is 0 Å². The molecule has 0 spiro atoms. The van der Waals surface area contributed by atoms with Gasteiger partial charge in [-0.25, -0.2) is 4.79 Å². The maximum atomic E-state index is 13.6. The summed E-state index contributed by atoms with van der Waals surface area (Å²) in [7, 11) is 0. The first-order chi connectivity index (χ1) is 9.29. The van der Waals surface area contributed by atoms with E-state index in [2.05, 4.69) is 0 Å². The first-order valence-electron chi connectivity index (χ1n) is 5.69. The van der Waals surface area contributed by atoms with Crippen LogP contribution in [0.1, 0.15) is 13.8 Å². The SMILES string of the molecule is CC(C)[C@H](NC(=O)O)[C@@H](O)C(F)(F)C(=O)NCC(F)(F)F. The molecule has 0 radical (unpaired) electrons. The molecule has 2 amide bonds. The Labute approximate surface area is 116 Å². The summed E-state index contributed by atoms with van der Waals surface area (Å²) in [6.45, 7) is 0.577. The van der Waals surface area contributed by atoms with Gasteiger partial charge in [-0.05, 0) is 5.92 Å². The van der Waals surface area contributed by atoms with Gasteiger partial charge in [0.2, 0.25) is 0 Å². The fourth-order valence-corrected chi connectivity index (χ4v) is 1.41. The minimum atomic E-state index is -4.90. The number of hydrogen-bond donors (Lipinski definition) is 4. The number of rotatable bonds is 6. The van der Waals surface area contributed by atoms with Crippen molar-refractivity contribution in [2.45, 2.75) is 38.1 Å². The van der Waals surface area contributed by atoms with Gasteiger partial charge < -0.3 is 20.8 Å². The van der Waals surface area contributed by atoms with Crippen molar-refractivity contribution in [3.63, 3.8) is 0 Å². The minimum Gasteiger partial charge on any atom is -0.465 e. The van der Waals surface area contributed by atoms with E-state index >= 15 is 0 Å². The highest BCUT2D eigenvalue weighted by Gasteiger charge is 2.51. The van der Waals surface area contributed by atoms with Crippen LogP contribution in [0.4, 0.5) is 26.7 Å². The van der Waals surface area contributed by atoms with Gasteiger partial charge in [0, 0.05) is 0 Å². The molecule has 0 bridgehead atoms. The second-order valence-corrected chi connectivity index (χ2v) is 4.58. The van der Waals surface area contributed by atoms with Crippen molar-refractivity contribution < 1.29 is 41.8 Å². The van der Waals surface area contributed by atoms with E-state index in [0.29, 0.717) is 0 Å². The Hall–Kier alpha value is -1.65. The Morgan fingerprint density at radius 3 is 1.95 bits per heavy atom. The molecular formula is C10H15F5N2O4. The highest BCUT2D eigenvalue weighted by atomic mass is 19.4. The standard InChI is InChI=1S/C10H15F5N2O4/c1-4(2)5(17-8(20)21)6(18)10(14,15)7(19)16-3-9(11,12)13/h4-6,17-18H,3H2,1-2H3,(H,16,19)(H,20,21)/t5-,6+/m0/s1. The summed E-state index contributed by atoms with van der Waals surface area (Å²) in [5.74, 6) is -7.77. The number of amides is 2. The van der Waals surface area contributed by atoms with Crippen molar-refractivity contribution in [3.8, 4) is 0 Å². The predicted octanol–water partition coefficient (Wildman–Crippen LogP) is 0.953. The molecule has 0 aliphatic carbocycles. The number of carbonyl (C=O) groups is 2. The van der Waals surface area contributed by atoms with E-state index in [1.54, 1.807) is 5.32 Å². The molecule has 6 nitrogen and oxygen atoms in total. The van der Waals surface area contributed by atoms with Crippen LogP contribution in [0, 0.1) is 5.92 Å². The molecule has 11 heteroatoms. The number of alkyl halides is 5. The van der Waals surface area contributed by atoms with Crippen LogP contribution in [0.2, 0.25) is 0 Å². The molecule has 0 aliphatic heterocycles. The molecule has 2 atom stereocenters. The van der Waals surface area contributed by atoms with E-state index in [1.165, 1.54) is 13.8 Å². The average Bonchev–Trinajstić information content (AvgIpc) is 2.30. The summed E-state index contributed by atoms with van der Waals surface area (Å²) in [6, 6.07) is -1.74. The normalized spacial score (nSPS) is 15.5. The molecule has 0 aliphatic rings. The monoisotopic (exact) mass is 322 g/mol. The maximum Gasteiger partial charge on any atom is 0.405 e. The van der Waals surface area contributed by atoms with E-state index in [4.69, 9.17) is 5.11 Å². The van der Waals surface area contributed by atoms with Crippen LogP contribution in [0.3, 0.4) is 0 Å². The molecule has 0 heterocycles. The first kappa shape index (κ1) is 19.4. The van der Waals surface area contributed by atoms with Crippen molar-refractivity contribution in [2.24, 2.45) is 5.92 Å². The number of carbonyl (C=O) groups excluding carboxylic acids is 1. The zero-order chi connectivity index (χ0) is 17.0. The zero-order valence-corrected chi connectivity index (χ0v) is 11.0. The lowest BCUT2D eigenvalue weighted by molar-refractivity contribution is -0.174. The third kappa shape index (κ3) is 6.10. The van der Waals surface area contributed by atoms with Crippen molar-refractivity contribution in [3.05, 3.63) is 0 Å². The highest BCUT2D eigenvalue weighted by molar-refractivity contribution is 5.84. The van der Waals surface area contributed by atoms with Gasteiger partial charge in [-0.1, -0.05) is 13.8 Å². The van der Waals surface area contributed by atoms with Gasteiger partial charge in [-0.15, -0.1) is 0 Å². The second kappa shape index (κ2) is 6.87. The fraction of sp³-hybridized carbons (Fsp3) is 0.800. The summed E-state index contributed by atoms with van der Waals surface area (Å²) in [5, 5.41) is 20.5. The Morgan fingerprint density at radius 2 is 1.62 bits per heavy atom. The van der Waals surface area contributed by atoms with Crippen molar-refractivity contribution in [2.75, 3.05) is 6.54 Å². The molecule has 0 saturated carbocycles. The highest BCUT2D eigenvalue weighted by Crippen LogP contribution is 2.25. The predicted molar refractivity (Wildman–Crippen MR) is 59.8 cm³/mol. The van der Waals surface area contributed by atoms with Crippen LogP contribution < -0.4 is 10.6 Å². The molecule has 4 N–H and O–H groups in total. The van der Waals surface area contributed by atoms with Crippen LogP contribution in [-0.4, -0.2) is 53.0 Å². The second-order valence-electron chi connectivity index (χ2n) is 4.58. The largest absolute Gasteiger partial charge is 0.465 e. The van der Waals surface area contributed by atoms with Crippen molar-refractivity contribution in [1.82, 2.24) is 10.6 Å². The molecule has 0 aromatic rings. The molecule has 21 heavy (non-hydrogen) atoms. The lowest BCUT2D eigenvalue weighted by atomic mass is 9.94. The Balaban J connectivity index is 5.00.